The molecule has 0 aliphatic carbocycles. The van der Waals surface area contributed by atoms with E-state index in [1.165, 1.54) is 0 Å². The average Bonchev–Trinajstić information content (AvgIpc) is 2.10. The van der Waals surface area contributed by atoms with Crippen LogP contribution in [0.5, 0.6) is 0 Å². The maximum atomic E-state index is 10.5. The van der Waals surface area contributed by atoms with Crippen LogP contribution >= 0.6 is 0 Å². The highest BCUT2D eigenvalue weighted by atomic mass is 16.4. The van der Waals surface area contributed by atoms with Gasteiger partial charge < -0.3 is 10.4 Å². The lowest BCUT2D eigenvalue weighted by Crippen LogP contribution is -2.15. The quantitative estimate of drug-likeness (QED) is 0.358. The molecule has 0 atom stereocenters. The third-order valence-corrected chi connectivity index (χ3v) is 1.67. The molecule has 0 rings (SSSR count). The van der Waals surface area contributed by atoms with Gasteiger partial charge >= 0.3 is 5.97 Å². The summed E-state index contributed by atoms with van der Waals surface area (Å²) in [6.07, 6.45) is 5.01. The van der Waals surface area contributed by atoms with Gasteiger partial charge in [0.25, 0.3) is 0 Å². The molecule has 0 aromatic rings. The van der Waals surface area contributed by atoms with Crippen LogP contribution in [-0.4, -0.2) is 24.2 Å². The van der Waals surface area contributed by atoms with Crippen LogP contribution in [0.3, 0.4) is 0 Å². The first-order valence-corrected chi connectivity index (χ1v) is 4.46. The summed E-state index contributed by atoms with van der Waals surface area (Å²) in [5.74, 6) is -0.826. The van der Waals surface area contributed by atoms with Gasteiger partial charge in [-0.3, -0.25) is 0 Å². The molecule has 0 amide bonds. The fraction of sp³-hybridized carbons (Fsp3) is 0.500. The average molecular weight is 183 g/mol. The molecule has 3 nitrogen and oxygen atoms in total. The van der Waals surface area contributed by atoms with Crippen LogP contribution in [0.4, 0.5) is 0 Å². The number of hydrogen-bond donors (Lipinski definition) is 2. The van der Waals surface area contributed by atoms with E-state index in [2.05, 4.69) is 11.9 Å². The fourth-order valence-corrected chi connectivity index (χ4v) is 0.884. The Hall–Kier alpha value is -1.09. The maximum Gasteiger partial charge on any atom is 0.331 e. The van der Waals surface area contributed by atoms with Gasteiger partial charge in [-0.15, -0.1) is 6.58 Å². The van der Waals surface area contributed by atoms with Crippen molar-refractivity contribution in [2.24, 2.45) is 0 Å². The topological polar surface area (TPSA) is 49.3 Å². The van der Waals surface area contributed by atoms with Gasteiger partial charge in [-0.2, -0.15) is 0 Å². The number of carboxylic acid groups (broad SMARTS) is 1. The van der Waals surface area contributed by atoms with Gasteiger partial charge in [0.1, 0.15) is 0 Å². The second-order valence-corrected chi connectivity index (χ2v) is 2.67. The Morgan fingerprint density at radius 3 is 2.77 bits per heavy atom. The summed E-state index contributed by atoms with van der Waals surface area (Å²) in [7, 11) is 0. The molecule has 3 heteroatoms. The third kappa shape index (κ3) is 6.11. The van der Waals surface area contributed by atoms with E-state index in [1.54, 1.807) is 6.08 Å². The van der Waals surface area contributed by atoms with E-state index in [0.29, 0.717) is 18.5 Å². The first-order chi connectivity index (χ1) is 6.22. The van der Waals surface area contributed by atoms with Gasteiger partial charge in [0.2, 0.25) is 0 Å². The number of aliphatic carboxylic acids is 1. The van der Waals surface area contributed by atoms with E-state index in [1.807, 2.05) is 13.0 Å². The fourth-order valence-electron chi connectivity index (χ4n) is 0.884. The number of carboxylic acids is 1. The Balaban J connectivity index is 3.67. The van der Waals surface area contributed by atoms with Gasteiger partial charge in [0, 0.05) is 12.1 Å². The van der Waals surface area contributed by atoms with Crippen molar-refractivity contribution in [3.05, 3.63) is 24.3 Å². The van der Waals surface area contributed by atoms with Crippen molar-refractivity contribution in [1.82, 2.24) is 5.32 Å². The molecular formula is C10H17NO2. The minimum atomic E-state index is -0.826. The first kappa shape index (κ1) is 11.9. The molecule has 0 radical (unpaired) electrons. The third-order valence-electron chi connectivity index (χ3n) is 1.67. The lowest BCUT2D eigenvalue weighted by atomic mass is 10.2. The van der Waals surface area contributed by atoms with Crippen molar-refractivity contribution in [2.45, 2.75) is 19.8 Å². The van der Waals surface area contributed by atoms with Gasteiger partial charge in [0.15, 0.2) is 0 Å². The van der Waals surface area contributed by atoms with Crippen LogP contribution in [0.1, 0.15) is 19.8 Å². The van der Waals surface area contributed by atoms with Gasteiger partial charge in [0.05, 0.1) is 0 Å². The minimum Gasteiger partial charge on any atom is -0.478 e. The zero-order valence-corrected chi connectivity index (χ0v) is 8.05. The molecule has 2 N–H and O–H groups in total. The van der Waals surface area contributed by atoms with Crippen LogP contribution in [0.2, 0.25) is 0 Å². The van der Waals surface area contributed by atoms with Crippen molar-refractivity contribution >= 4 is 5.97 Å². The lowest BCUT2D eigenvalue weighted by molar-refractivity contribution is -0.132. The van der Waals surface area contributed by atoms with E-state index < -0.39 is 5.97 Å². The van der Waals surface area contributed by atoms with Crippen molar-refractivity contribution in [3.63, 3.8) is 0 Å². The van der Waals surface area contributed by atoms with Crippen LogP contribution in [0.15, 0.2) is 24.3 Å². The monoisotopic (exact) mass is 183 g/mol. The first-order valence-electron chi connectivity index (χ1n) is 4.46. The summed E-state index contributed by atoms with van der Waals surface area (Å²) in [6.45, 7) is 6.88. The highest BCUT2D eigenvalue weighted by molar-refractivity contribution is 5.86. The van der Waals surface area contributed by atoms with Crippen LogP contribution in [-0.2, 0) is 4.79 Å². The molecule has 0 heterocycles. The summed E-state index contributed by atoms with van der Waals surface area (Å²) < 4.78 is 0. The molecule has 0 aliphatic rings. The molecular weight excluding hydrogens is 166 g/mol. The summed E-state index contributed by atoms with van der Waals surface area (Å²) in [4.78, 5) is 10.5. The van der Waals surface area contributed by atoms with E-state index in [0.717, 1.165) is 13.0 Å². The predicted octanol–water partition coefficient (Wildman–Crippen LogP) is 1.57. The SMILES string of the molecule is C=CCCNC/C=C(/CC)C(=O)O. The minimum absolute atomic E-state index is 0.464. The summed E-state index contributed by atoms with van der Waals surface area (Å²) in [6, 6.07) is 0. The highest BCUT2D eigenvalue weighted by Crippen LogP contribution is 1.98. The Morgan fingerprint density at radius 1 is 1.62 bits per heavy atom. The summed E-state index contributed by atoms with van der Waals surface area (Å²) in [5.41, 5.74) is 0.464. The Bertz CT molecular complexity index is 197. The van der Waals surface area contributed by atoms with Crippen LogP contribution in [0, 0.1) is 0 Å². The van der Waals surface area contributed by atoms with E-state index in [9.17, 15) is 4.79 Å². The summed E-state index contributed by atoms with van der Waals surface area (Å²) >= 11 is 0. The normalized spacial score (nSPS) is 11.3. The smallest absolute Gasteiger partial charge is 0.331 e. The molecule has 0 saturated carbocycles. The molecule has 0 fully saturated rings. The largest absolute Gasteiger partial charge is 0.478 e. The molecule has 0 saturated heterocycles. The highest BCUT2D eigenvalue weighted by Gasteiger charge is 2.01. The number of nitrogens with one attached hydrogen (secondary N) is 1. The molecule has 74 valence electrons. The summed E-state index contributed by atoms with van der Waals surface area (Å²) in [5, 5.41) is 11.8. The van der Waals surface area contributed by atoms with Gasteiger partial charge in [-0.25, -0.2) is 4.79 Å². The molecule has 0 aromatic carbocycles. The van der Waals surface area contributed by atoms with E-state index >= 15 is 0 Å². The predicted molar refractivity (Wildman–Crippen MR) is 53.7 cm³/mol. The molecule has 13 heavy (non-hydrogen) atoms. The Labute approximate surface area is 79.2 Å². The van der Waals surface area contributed by atoms with Crippen molar-refractivity contribution in [1.29, 1.82) is 0 Å². The van der Waals surface area contributed by atoms with Crippen LogP contribution < -0.4 is 5.32 Å². The van der Waals surface area contributed by atoms with E-state index in [-0.39, 0.29) is 0 Å². The second-order valence-electron chi connectivity index (χ2n) is 2.67. The van der Waals surface area contributed by atoms with Crippen molar-refractivity contribution in [2.75, 3.05) is 13.1 Å². The van der Waals surface area contributed by atoms with Gasteiger partial charge in [-0.1, -0.05) is 19.1 Å². The second kappa shape index (κ2) is 7.55. The maximum absolute atomic E-state index is 10.5. The van der Waals surface area contributed by atoms with E-state index in [4.69, 9.17) is 5.11 Å². The Morgan fingerprint density at radius 2 is 2.31 bits per heavy atom. The molecule has 0 spiro atoms. The van der Waals surface area contributed by atoms with Crippen molar-refractivity contribution < 1.29 is 9.90 Å². The van der Waals surface area contributed by atoms with Crippen molar-refractivity contribution in [3.8, 4) is 0 Å². The molecule has 0 unspecified atom stereocenters. The molecule has 0 aromatic heterocycles. The zero-order chi connectivity index (χ0) is 10.1. The zero-order valence-electron chi connectivity index (χ0n) is 8.05. The van der Waals surface area contributed by atoms with Crippen LogP contribution in [0.25, 0.3) is 0 Å². The van der Waals surface area contributed by atoms with Gasteiger partial charge in [-0.05, 0) is 19.4 Å². The standard InChI is InChI=1S/C10H17NO2/c1-3-5-7-11-8-6-9(4-2)10(12)13/h3,6,11H,1,4-5,7-8H2,2H3,(H,12,13)/b9-6-. The number of hydrogen-bond acceptors (Lipinski definition) is 2. The number of rotatable bonds is 7. The lowest BCUT2D eigenvalue weighted by Gasteiger charge is -1.99. The molecule has 0 aliphatic heterocycles. The number of carbonyl (C=O) groups is 1. The molecule has 0 bridgehead atoms. The Kier molecular flexibility index (Phi) is 6.92.